The van der Waals surface area contributed by atoms with Crippen LogP contribution < -0.4 is 5.32 Å². The van der Waals surface area contributed by atoms with Crippen LogP contribution in [0.2, 0.25) is 4.34 Å². The lowest BCUT2D eigenvalue weighted by Crippen LogP contribution is -2.32. The molecule has 0 aliphatic carbocycles. The minimum absolute atomic E-state index is 0.0972. The molecule has 1 heterocycles. The Kier molecular flexibility index (Phi) is 4.98. The zero-order valence-corrected chi connectivity index (χ0v) is 12.1. The first-order chi connectivity index (χ1) is 7.78. The molecule has 1 aromatic heterocycles. The molecule has 0 spiro atoms. The van der Waals surface area contributed by atoms with Gasteiger partial charge in [-0.25, -0.2) is 0 Å². The fourth-order valence-corrected chi connectivity index (χ4v) is 2.36. The van der Waals surface area contributed by atoms with Crippen molar-refractivity contribution in [3.05, 3.63) is 21.3 Å². The highest BCUT2D eigenvalue weighted by molar-refractivity contribution is 7.16. The topological polar surface area (TPSA) is 38.3 Å². The van der Waals surface area contributed by atoms with Crippen LogP contribution in [0.5, 0.6) is 0 Å². The quantitative estimate of drug-likeness (QED) is 0.856. The van der Waals surface area contributed by atoms with Gasteiger partial charge < -0.3 is 4.74 Å². The summed E-state index contributed by atoms with van der Waals surface area (Å²) in [5.74, 6) is -0.244. The normalized spacial score (nSPS) is 13.5. The molecule has 0 saturated carbocycles. The van der Waals surface area contributed by atoms with Crippen LogP contribution in [0.1, 0.15) is 38.6 Å². The molecule has 0 aromatic carbocycles. The average Bonchev–Trinajstić information content (AvgIpc) is 2.58. The van der Waals surface area contributed by atoms with Crippen LogP contribution in [0.25, 0.3) is 0 Å². The minimum atomic E-state index is -0.436. The molecular weight excluding hydrogens is 258 g/mol. The maximum absolute atomic E-state index is 11.5. The smallest absolute Gasteiger partial charge is 0.320 e. The Bertz CT molecular complexity index is 384. The molecule has 0 radical (unpaired) electrons. The summed E-state index contributed by atoms with van der Waals surface area (Å²) in [6.45, 7) is 7.76. The predicted octanol–water partition coefficient (Wildman–Crippen LogP) is 3.39. The van der Waals surface area contributed by atoms with Crippen molar-refractivity contribution in [1.29, 1.82) is 0 Å². The van der Waals surface area contributed by atoms with Crippen molar-refractivity contribution < 1.29 is 9.53 Å². The van der Waals surface area contributed by atoms with E-state index < -0.39 is 5.60 Å². The first-order valence-electron chi connectivity index (χ1n) is 5.48. The van der Waals surface area contributed by atoms with E-state index in [0.29, 0.717) is 0 Å². The van der Waals surface area contributed by atoms with Gasteiger partial charge >= 0.3 is 5.97 Å². The van der Waals surface area contributed by atoms with Gasteiger partial charge in [0.2, 0.25) is 0 Å². The molecule has 1 rings (SSSR count). The number of esters is 1. The van der Waals surface area contributed by atoms with Gasteiger partial charge in [-0.2, -0.15) is 0 Å². The molecule has 1 unspecified atom stereocenters. The number of ether oxygens (including phenoxy) is 1. The molecule has 0 saturated heterocycles. The minimum Gasteiger partial charge on any atom is -0.459 e. The number of halogens is 1. The molecular formula is C12H18ClNO2S. The number of carbonyl (C=O) groups excluding carboxylic acids is 1. The number of carbonyl (C=O) groups is 1. The maximum Gasteiger partial charge on any atom is 0.320 e. The molecule has 0 bridgehead atoms. The molecule has 1 aromatic rings. The van der Waals surface area contributed by atoms with Crippen molar-refractivity contribution in [2.45, 2.75) is 39.3 Å². The van der Waals surface area contributed by atoms with Crippen molar-refractivity contribution in [2.24, 2.45) is 0 Å². The van der Waals surface area contributed by atoms with E-state index in [1.807, 2.05) is 39.8 Å². The molecule has 1 N–H and O–H groups in total. The largest absolute Gasteiger partial charge is 0.459 e. The Morgan fingerprint density at radius 1 is 1.53 bits per heavy atom. The fraction of sp³-hybridized carbons (Fsp3) is 0.583. The molecule has 1 atom stereocenters. The van der Waals surface area contributed by atoms with Crippen LogP contribution in [0.4, 0.5) is 0 Å². The van der Waals surface area contributed by atoms with Crippen LogP contribution in [-0.4, -0.2) is 18.1 Å². The first kappa shape index (κ1) is 14.5. The van der Waals surface area contributed by atoms with Gasteiger partial charge in [0.25, 0.3) is 0 Å². The van der Waals surface area contributed by atoms with Crippen molar-refractivity contribution in [2.75, 3.05) is 6.54 Å². The summed E-state index contributed by atoms with van der Waals surface area (Å²) >= 11 is 7.36. The molecule has 96 valence electrons. The third-order valence-electron chi connectivity index (χ3n) is 1.99. The molecule has 0 aliphatic heterocycles. The lowest BCUT2D eigenvalue weighted by atomic mass is 10.2. The van der Waals surface area contributed by atoms with E-state index in [1.165, 1.54) is 11.3 Å². The van der Waals surface area contributed by atoms with Crippen LogP contribution in [0.3, 0.4) is 0 Å². The Labute approximate surface area is 111 Å². The van der Waals surface area contributed by atoms with Crippen LogP contribution in [0, 0.1) is 0 Å². The molecule has 0 fully saturated rings. The number of thiophene rings is 1. The first-order valence-corrected chi connectivity index (χ1v) is 6.68. The third-order valence-corrected chi connectivity index (χ3v) is 3.41. The SMILES string of the molecule is CC(NCC(=O)OC(C)(C)C)c1ccc(Cl)s1. The molecule has 17 heavy (non-hydrogen) atoms. The lowest BCUT2D eigenvalue weighted by molar-refractivity contribution is -0.153. The molecule has 0 amide bonds. The van der Waals surface area contributed by atoms with Crippen molar-refractivity contribution >= 4 is 28.9 Å². The van der Waals surface area contributed by atoms with E-state index in [9.17, 15) is 4.79 Å². The second kappa shape index (κ2) is 5.85. The second-order valence-corrected chi connectivity index (χ2v) is 6.58. The van der Waals surface area contributed by atoms with E-state index in [4.69, 9.17) is 16.3 Å². The highest BCUT2D eigenvalue weighted by atomic mass is 35.5. The number of hydrogen-bond donors (Lipinski definition) is 1. The fourth-order valence-electron chi connectivity index (χ4n) is 1.28. The Morgan fingerprint density at radius 3 is 2.65 bits per heavy atom. The summed E-state index contributed by atoms with van der Waals surface area (Å²) < 4.78 is 5.96. The van der Waals surface area contributed by atoms with Gasteiger partial charge in [0, 0.05) is 10.9 Å². The van der Waals surface area contributed by atoms with Crippen LogP contribution in [-0.2, 0) is 9.53 Å². The van der Waals surface area contributed by atoms with E-state index in [2.05, 4.69) is 5.32 Å². The van der Waals surface area contributed by atoms with Gasteiger partial charge in [0.05, 0.1) is 10.9 Å². The summed E-state index contributed by atoms with van der Waals surface area (Å²) in [6.07, 6.45) is 0. The van der Waals surface area contributed by atoms with E-state index in [0.717, 1.165) is 9.21 Å². The standard InChI is InChI=1S/C12H18ClNO2S/c1-8(9-5-6-10(13)17-9)14-7-11(15)16-12(2,3)4/h5-6,8,14H,7H2,1-4H3. The number of hydrogen-bond acceptors (Lipinski definition) is 4. The van der Waals surface area contributed by atoms with Crippen molar-refractivity contribution in [3.8, 4) is 0 Å². The Morgan fingerprint density at radius 2 is 2.18 bits per heavy atom. The number of rotatable bonds is 4. The summed E-state index contributed by atoms with van der Waals surface area (Å²) in [7, 11) is 0. The molecule has 5 heteroatoms. The average molecular weight is 276 g/mol. The Hall–Kier alpha value is -0.580. The van der Waals surface area contributed by atoms with Crippen molar-refractivity contribution in [3.63, 3.8) is 0 Å². The summed E-state index contributed by atoms with van der Waals surface area (Å²) in [5.41, 5.74) is -0.436. The highest BCUT2D eigenvalue weighted by Gasteiger charge is 2.17. The van der Waals surface area contributed by atoms with Gasteiger partial charge in [-0.3, -0.25) is 10.1 Å². The molecule has 0 aliphatic rings. The van der Waals surface area contributed by atoms with Crippen molar-refractivity contribution in [1.82, 2.24) is 5.32 Å². The van der Waals surface area contributed by atoms with E-state index in [-0.39, 0.29) is 18.6 Å². The third kappa shape index (κ3) is 5.52. The van der Waals surface area contributed by atoms with E-state index in [1.54, 1.807) is 0 Å². The van der Waals surface area contributed by atoms with Crippen LogP contribution in [0.15, 0.2) is 12.1 Å². The summed E-state index contributed by atoms with van der Waals surface area (Å²) in [6, 6.07) is 3.91. The van der Waals surface area contributed by atoms with Gasteiger partial charge in [0.1, 0.15) is 5.60 Å². The lowest BCUT2D eigenvalue weighted by Gasteiger charge is -2.20. The zero-order valence-electron chi connectivity index (χ0n) is 10.5. The summed E-state index contributed by atoms with van der Waals surface area (Å²) in [4.78, 5) is 12.6. The second-order valence-electron chi connectivity index (χ2n) is 4.83. The zero-order chi connectivity index (χ0) is 13.1. The molecule has 3 nitrogen and oxygen atoms in total. The van der Waals surface area contributed by atoms with E-state index >= 15 is 0 Å². The summed E-state index contributed by atoms with van der Waals surface area (Å²) in [5, 5.41) is 3.11. The van der Waals surface area contributed by atoms with Gasteiger partial charge in [-0.1, -0.05) is 11.6 Å². The Balaban J connectivity index is 2.38. The number of nitrogens with one attached hydrogen (secondary N) is 1. The van der Waals surface area contributed by atoms with Gasteiger partial charge in [-0.15, -0.1) is 11.3 Å². The monoisotopic (exact) mass is 275 g/mol. The van der Waals surface area contributed by atoms with Gasteiger partial charge in [0.15, 0.2) is 0 Å². The van der Waals surface area contributed by atoms with Crippen LogP contribution >= 0.6 is 22.9 Å². The highest BCUT2D eigenvalue weighted by Crippen LogP contribution is 2.26. The van der Waals surface area contributed by atoms with Gasteiger partial charge in [-0.05, 0) is 39.8 Å². The maximum atomic E-state index is 11.5. The predicted molar refractivity (Wildman–Crippen MR) is 71.6 cm³/mol.